The van der Waals surface area contributed by atoms with Gasteiger partial charge < -0.3 is 25.4 Å². The van der Waals surface area contributed by atoms with E-state index in [-0.39, 0.29) is 12.4 Å². The van der Waals surface area contributed by atoms with Crippen LogP contribution in [0.2, 0.25) is 0 Å². The minimum absolute atomic E-state index is 0.280. The summed E-state index contributed by atoms with van der Waals surface area (Å²) in [5.41, 5.74) is 6.79. The standard InChI is InChI=1S/C12H17N5O4/c1-5-15-10(13)7-11(16-5)17(4-14-7)12-9(20-2)8(19)6(3-18)21-12/h4,6,8-9,12,18-19H,3H2,1-2H3,(H2,13,15,16)/t6-,8-,9-,12-/m1/s1. The van der Waals surface area contributed by atoms with Crippen LogP contribution in [0.5, 0.6) is 0 Å². The van der Waals surface area contributed by atoms with E-state index in [9.17, 15) is 10.2 Å². The van der Waals surface area contributed by atoms with Gasteiger partial charge >= 0.3 is 0 Å². The Morgan fingerprint density at radius 1 is 1.48 bits per heavy atom. The minimum Gasteiger partial charge on any atom is -0.394 e. The number of hydrogen-bond acceptors (Lipinski definition) is 8. The molecule has 3 heterocycles. The van der Waals surface area contributed by atoms with Crippen LogP contribution in [0.1, 0.15) is 12.1 Å². The van der Waals surface area contributed by atoms with Crippen molar-refractivity contribution in [3.05, 3.63) is 12.2 Å². The molecule has 21 heavy (non-hydrogen) atoms. The number of nitrogens with zero attached hydrogens (tertiary/aromatic N) is 4. The predicted molar refractivity (Wildman–Crippen MR) is 72.3 cm³/mol. The molecule has 0 spiro atoms. The number of fused-ring (bicyclic) bond motifs is 1. The quantitative estimate of drug-likeness (QED) is 0.656. The SMILES string of the molecule is CO[C@@H]1[C@H](O)[C@@H](CO)O[C@H]1n1cnc2c(N)nc(C)nc21. The Labute approximate surface area is 120 Å². The highest BCUT2D eigenvalue weighted by Crippen LogP contribution is 2.33. The van der Waals surface area contributed by atoms with Crippen molar-refractivity contribution in [3.63, 3.8) is 0 Å². The monoisotopic (exact) mass is 295 g/mol. The predicted octanol–water partition coefficient (Wildman–Crippen LogP) is -1.02. The number of nitrogen functional groups attached to an aromatic ring is 1. The van der Waals surface area contributed by atoms with Gasteiger partial charge in [0, 0.05) is 7.11 Å². The average molecular weight is 295 g/mol. The molecule has 1 aliphatic rings. The fourth-order valence-corrected chi connectivity index (χ4v) is 2.59. The van der Waals surface area contributed by atoms with E-state index in [1.54, 1.807) is 11.5 Å². The molecule has 0 unspecified atom stereocenters. The van der Waals surface area contributed by atoms with E-state index in [0.717, 1.165) is 0 Å². The molecule has 9 heteroatoms. The maximum Gasteiger partial charge on any atom is 0.167 e. The summed E-state index contributed by atoms with van der Waals surface area (Å²) in [6.07, 6.45) is -1.45. The van der Waals surface area contributed by atoms with E-state index in [1.807, 2.05) is 0 Å². The smallest absolute Gasteiger partial charge is 0.167 e. The molecule has 4 atom stereocenters. The number of aliphatic hydroxyl groups excluding tert-OH is 2. The van der Waals surface area contributed by atoms with Gasteiger partial charge in [0.1, 0.15) is 29.7 Å². The number of aromatic nitrogens is 4. The maximum atomic E-state index is 10.1. The van der Waals surface area contributed by atoms with Gasteiger partial charge in [-0.1, -0.05) is 0 Å². The van der Waals surface area contributed by atoms with E-state index < -0.39 is 24.5 Å². The number of nitrogens with two attached hydrogens (primary N) is 1. The van der Waals surface area contributed by atoms with Gasteiger partial charge in [0.25, 0.3) is 0 Å². The van der Waals surface area contributed by atoms with Gasteiger partial charge in [0.15, 0.2) is 17.7 Å². The van der Waals surface area contributed by atoms with Crippen LogP contribution in [0.3, 0.4) is 0 Å². The van der Waals surface area contributed by atoms with Crippen molar-refractivity contribution >= 4 is 17.0 Å². The van der Waals surface area contributed by atoms with Crippen molar-refractivity contribution in [2.75, 3.05) is 19.5 Å². The summed E-state index contributed by atoms with van der Waals surface area (Å²) in [6, 6.07) is 0. The second-order valence-corrected chi connectivity index (χ2v) is 4.92. The second kappa shape index (κ2) is 5.19. The Morgan fingerprint density at radius 3 is 2.90 bits per heavy atom. The number of anilines is 1. The largest absolute Gasteiger partial charge is 0.394 e. The summed E-state index contributed by atoms with van der Waals surface area (Å²) >= 11 is 0. The molecule has 0 amide bonds. The maximum absolute atomic E-state index is 10.1. The highest BCUT2D eigenvalue weighted by Gasteiger charge is 2.45. The second-order valence-electron chi connectivity index (χ2n) is 4.92. The molecule has 2 aromatic rings. The zero-order chi connectivity index (χ0) is 15.1. The molecule has 0 radical (unpaired) electrons. The van der Waals surface area contributed by atoms with E-state index in [2.05, 4.69) is 15.0 Å². The number of methoxy groups -OCH3 is 1. The zero-order valence-corrected chi connectivity index (χ0v) is 11.7. The lowest BCUT2D eigenvalue weighted by Gasteiger charge is -2.20. The van der Waals surface area contributed by atoms with Crippen molar-refractivity contribution in [2.45, 2.75) is 31.5 Å². The minimum atomic E-state index is -0.942. The fourth-order valence-electron chi connectivity index (χ4n) is 2.59. The molecule has 0 aliphatic carbocycles. The summed E-state index contributed by atoms with van der Waals surface area (Å²) in [5.74, 6) is 0.787. The molecule has 3 rings (SSSR count). The van der Waals surface area contributed by atoms with Crippen molar-refractivity contribution in [2.24, 2.45) is 0 Å². The Bertz CT molecular complexity index is 660. The van der Waals surface area contributed by atoms with Crippen LogP contribution in [0.15, 0.2) is 6.33 Å². The van der Waals surface area contributed by atoms with E-state index >= 15 is 0 Å². The summed E-state index contributed by atoms with van der Waals surface area (Å²) in [6.45, 7) is 1.42. The van der Waals surface area contributed by atoms with Gasteiger partial charge in [0.2, 0.25) is 0 Å². The highest BCUT2D eigenvalue weighted by molar-refractivity contribution is 5.81. The average Bonchev–Trinajstić information content (AvgIpc) is 2.99. The first-order valence-corrected chi connectivity index (χ1v) is 6.50. The van der Waals surface area contributed by atoms with Crippen LogP contribution in [0.25, 0.3) is 11.2 Å². The number of ether oxygens (including phenoxy) is 2. The van der Waals surface area contributed by atoms with Crippen molar-refractivity contribution in [1.82, 2.24) is 19.5 Å². The van der Waals surface area contributed by atoms with Gasteiger partial charge in [-0.2, -0.15) is 0 Å². The van der Waals surface area contributed by atoms with Gasteiger partial charge in [-0.25, -0.2) is 15.0 Å². The lowest BCUT2D eigenvalue weighted by atomic mass is 10.1. The number of aliphatic hydroxyl groups is 2. The molecular weight excluding hydrogens is 278 g/mol. The van der Waals surface area contributed by atoms with Gasteiger partial charge in [-0.3, -0.25) is 4.57 Å². The molecule has 0 bridgehead atoms. The molecule has 2 aromatic heterocycles. The Hall–Kier alpha value is -1.81. The summed E-state index contributed by atoms with van der Waals surface area (Å²) < 4.78 is 12.6. The number of hydrogen-bond donors (Lipinski definition) is 3. The van der Waals surface area contributed by atoms with E-state index in [0.29, 0.717) is 17.0 Å². The molecule has 0 aromatic carbocycles. The number of rotatable bonds is 3. The molecule has 1 aliphatic heterocycles. The number of aryl methyl sites for hydroxylation is 1. The van der Waals surface area contributed by atoms with Crippen LogP contribution in [-0.2, 0) is 9.47 Å². The molecule has 1 fully saturated rings. The lowest BCUT2D eigenvalue weighted by Crippen LogP contribution is -2.34. The highest BCUT2D eigenvalue weighted by atomic mass is 16.6. The summed E-state index contributed by atoms with van der Waals surface area (Å²) in [5, 5.41) is 19.4. The lowest BCUT2D eigenvalue weighted by molar-refractivity contribution is -0.0583. The molecule has 114 valence electrons. The van der Waals surface area contributed by atoms with Crippen LogP contribution < -0.4 is 5.73 Å². The molecular formula is C12H17N5O4. The first kappa shape index (κ1) is 14.1. The van der Waals surface area contributed by atoms with Crippen LogP contribution in [-0.4, -0.2) is 61.8 Å². The van der Waals surface area contributed by atoms with E-state index in [4.69, 9.17) is 15.2 Å². The Kier molecular flexibility index (Phi) is 3.49. The normalized spacial score (nSPS) is 29.3. The summed E-state index contributed by atoms with van der Waals surface area (Å²) in [7, 11) is 1.47. The zero-order valence-electron chi connectivity index (χ0n) is 11.7. The van der Waals surface area contributed by atoms with Crippen LogP contribution in [0, 0.1) is 6.92 Å². The van der Waals surface area contributed by atoms with Gasteiger partial charge in [-0.15, -0.1) is 0 Å². The first-order chi connectivity index (χ1) is 10.1. The molecule has 9 nitrogen and oxygen atoms in total. The Balaban J connectivity index is 2.08. The fraction of sp³-hybridized carbons (Fsp3) is 0.583. The third-order valence-corrected chi connectivity index (χ3v) is 3.60. The topological polar surface area (TPSA) is 129 Å². The third-order valence-electron chi connectivity index (χ3n) is 3.60. The van der Waals surface area contributed by atoms with Crippen molar-refractivity contribution in [1.29, 1.82) is 0 Å². The summed E-state index contributed by atoms with van der Waals surface area (Å²) in [4.78, 5) is 12.6. The number of imidazole rings is 1. The van der Waals surface area contributed by atoms with E-state index in [1.165, 1.54) is 13.4 Å². The van der Waals surface area contributed by atoms with Crippen molar-refractivity contribution in [3.8, 4) is 0 Å². The van der Waals surface area contributed by atoms with Crippen LogP contribution >= 0.6 is 0 Å². The molecule has 0 saturated carbocycles. The van der Waals surface area contributed by atoms with Gasteiger partial charge in [-0.05, 0) is 6.92 Å². The first-order valence-electron chi connectivity index (χ1n) is 6.50. The van der Waals surface area contributed by atoms with Crippen LogP contribution in [0.4, 0.5) is 5.82 Å². The molecule has 4 N–H and O–H groups in total. The van der Waals surface area contributed by atoms with Gasteiger partial charge in [0.05, 0.1) is 12.9 Å². The molecule has 1 saturated heterocycles. The third kappa shape index (κ3) is 2.14. The van der Waals surface area contributed by atoms with Crippen molar-refractivity contribution < 1.29 is 19.7 Å². The Morgan fingerprint density at radius 2 is 2.24 bits per heavy atom.